The van der Waals surface area contributed by atoms with Gasteiger partial charge in [0.2, 0.25) is 5.91 Å². The van der Waals surface area contributed by atoms with Crippen LogP contribution in [0.3, 0.4) is 0 Å². The van der Waals surface area contributed by atoms with Crippen LogP contribution in [0.4, 0.5) is 0 Å². The molecule has 2 aliphatic carbocycles. The van der Waals surface area contributed by atoms with E-state index in [-0.39, 0.29) is 29.6 Å². The average molecular weight is 254 g/mol. The quantitative estimate of drug-likeness (QED) is 0.697. The molecule has 2 rings (SSSR count). The van der Waals surface area contributed by atoms with Crippen molar-refractivity contribution >= 4 is 11.9 Å². The summed E-state index contributed by atoms with van der Waals surface area (Å²) in [5.74, 6) is 0.154. The third-order valence-electron chi connectivity index (χ3n) is 4.14. The molecule has 0 radical (unpaired) electrons. The summed E-state index contributed by atoms with van der Waals surface area (Å²) in [4.78, 5) is 23.8. The summed E-state index contributed by atoms with van der Waals surface area (Å²) in [6.07, 6.45) is 4.93. The van der Waals surface area contributed by atoms with Crippen LogP contribution in [0.15, 0.2) is 0 Å². The Morgan fingerprint density at radius 1 is 1.33 bits per heavy atom. The molecular weight excluding hydrogens is 232 g/mol. The van der Waals surface area contributed by atoms with E-state index in [0.717, 1.165) is 32.1 Å². The Balaban J connectivity index is 1.94. The normalized spacial score (nSPS) is 28.8. The molecule has 0 heterocycles. The van der Waals surface area contributed by atoms with Crippen molar-refractivity contribution in [1.29, 1.82) is 0 Å². The number of esters is 1. The van der Waals surface area contributed by atoms with E-state index in [1.807, 2.05) is 0 Å². The van der Waals surface area contributed by atoms with Crippen molar-refractivity contribution < 1.29 is 14.3 Å². The highest BCUT2D eigenvalue weighted by Gasteiger charge is 2.40. The predicted molar refractivity (Wildman–Crippen MR) is 66.6 cm³/mol. The van der Waals surface area contributed by atoms with E-state index in [1.165, 1.54) is 7.11 Å². The standard InChI is InChI=1S/C13H22N2O3/c1-18-13(17)11(8-5-6-8)15-12(16)10-4-2-3-9(10)7-14/h8-11H,2-7,14H2,1H3,(H,15,16)/t9-,10-,11?/m1/s1. The minimum atomic E-state index is -0.457. The number of amides is 1. The summed E-state index contributed by atoms with van der Waals surface area (Å²) in [6, 6.07) is -0.457. The first kappa shape index (κ1) is 13.3. The predicted octanol–water partition coefficient (Wildman–Crippen LogP) is 0.429. The van der Waals surface area contributed by atoms with Crippen LogP contribution in [0.5, 0.6) is 0 Å². The van der Waals surface area contributed by atoms with E-state index in [9.17, 15) is 9.59 Å². The Labute approximate surface area is 107 Å². The molecule has 0 aromatic heterocycles. The maximum atomic E-state index is 12.2. The molecular formula is C13H22N2O3. The van der Waals surface area contributed by atoms with Crippen molar-refractivity contribution in [3.63, 3.8) is 0 Å². The molecule has 0 aliphatic heterocycles. The molecule has 1 unspecified atom stereocenters. The Hall–Kier alpha value is -1.10. The van der Waals surface area contributed by atoms with Crippen molar-refractivity contribution in [3.8, 4) is 0 Å². The lowest BCUT2D eigenvalue weighted by Gasteiger charge is -2.21. The fourth-order valence-electron chi connectivity index (χ4n) is 2.85. The SMILES string of the molecule is COC(=O)C(NC(=O)[C@@H]1CCC[C@@H]1CN)C1CC1. The number of hydrogen-bond donors (Lipinski definition) is 2. The zero-order valence-electron chi connectivity index (χ0n) is 10.9. The van der Waals surface area contributed by atoms with Gasteiger partial charge in [-0.15, -0.1) is 0 Å². The summed E-state index contributed by atoms with van der Waals surface area (Å²) in [5.41, 5.74) is 5.68. The van der Waals surface area contributed by atoms with E-state index in [1.54, 1.807) is 0 Å². The monoisotopic (exact) mass is 254 g/mol. The van der Waals surface area contributed by atoms with Gasteiger partial charge in [-0.3, -0.25) is 4.79 Å². The van der Waals surface area contributed by atoms with Gasteiger partial charge in [-0.1, -0.05) is 6.42 Å². The summed E-state index contributed by atoms with van der Waals surface area (Å²) in [7, 11) is 1.36. The lowest BCUT2D eigenvalue weighted by molar-refractivity contribution is -0.146. The number of carbonyl (C=O) groups is 2. The molecule has 2 aliphatic rings. The van der Waals surface area contributed by atoms with E-state index >= 15 is 0 Å². The van der Waals surface area contributed by atoms with Crippen LogP contribution in [0.1, 0.15) is 32.1 Å². The summed E-state index contributed by atoms with van der Waals surface area (Å²) < 4.78 is 4.75. The Morgan fingerprint density at radius 2 is 2.06 bits per heavy atom. The molecule has 5 nitrogen and oxygen atoms in total. The van der Waals surface area contributed by atoms with Crippen LogP contribution >= 0.6 is 0 Å². The largest absolute Gasteiger partial charge is 0.467 e. The van der Waals surface area contributed by atoms with Crippen molar-refractivity contribution in [2.75, 3.05) is 13.7 Å². The Kier molecular flexibility index (Phi) is 4.22. The first-order chi connectivity index (χ1) is 8.67. The molecule has 2 fully saturated rings. The molecule has 5 heteroatoms. The minimum Gasteiger partial charge on any atom is -0.467 e. The molecule has 102 valence electrons. The fourth-order valence-corrected chi connectivity index (χ4v) is 2.85. The molecule has 3 atom stereocenters. The number of nitrogens with two attached hydrogens (primary N) is 1. The Bertz CT molecular complexity index is 328. The zero-order valence-corrected chi connectivity index (χ0v) is 10.9. The van der Waals surface area contributed by atoms with E-state index < -0.39 is 6.04 Å². The topological polar surface area (TPSA) is 81.4 Å². The third-order valence-corrected chi connectivity index (χ3v) is 4.14. The molecule has 3 N–H and O–H groups in total. The second-order valence-corrected chi connectivity index (χ2v) is 5.38. The van der Waals surface area contributed by atoms with E-state index in [0.29, 0.717) is 6.54 Å². The van der Waals surface area contributed by atoms with Gasteiger partial charge in [0.25, 0.3) is 0 Å². The number of ether oxygens (including phenoxy) is 1. The number of nitrogens with one attached hydrogen (secondary N) is 1. The summed E-state index contributed by atoms with van der Waals surface area (Å²) in [6.45, 7) is 0.546. The van der Waals surface area contributed by atoms with E-state index in [2.05, 4.69) is 5.32 Å². The summed E-state index contributed by atoms with van der Waals surface area (Å²) in [5, 5.41) is 2.87. The Morgan fingerprint density at radius 3 is 2.61 bits per heavy atom. The van der Waals surface area contributed by atoms with Gasteiger partial charge in [0.1, 0.15) is 6.04 Å². The van der Waals surface area contributed by atoms with Crippen LogP contribution < -0.4 is 11.1 Å². The fraction of sp³-hybridized carbons (Fsp3) is 0.846. The van der Waals surface area contributed by atoms with Gasteiger partial charge >= 0.3 is 5.97 Å². The molecule has 0 aromatic rings. The highest BCUT2D eigenvalue weighted by Crippen LogP contribution is 2.35. The molecule has 18 heavy (non-hydrogen) atoms. The van der Waals surface area contributed by atoms with Gasteiger partial charge in [0.15, 0.2) is 0 Å². The van der Waals surface area contributed by atoms with Crippen LogP contribution in [0.2, 0.25) is 0 Å². The highest BCUT2D eigenvalue weighted by molar-refractivity contribution is 5.86. The highest BCUT2D eigenvalue weighted by atomic mass is 16.5. The number of carbonyl (C=O) groups excluding carboxylic acids is 2. The maximum absolute atomic E-state index is 12.2. The van der Waals surface area contributed by atoms with Crippen LogP contribution in [0.25, 0.3) is 0 Å². The maximum Gasteiger partial charge on any atom is 0.328 e. The third kappa shape index (κ3) is 2.83. The first-order valence-electron chi connectivity index (χ1n) is 6.75. The molecule has 0 saturated heterocycles. The number of methoxy groups -OCH3 is 1. The van der Waals surface area contributed by atoms with Gasteiger partial charge < -0.3 is 15.8 Å². The van der Waals surface area contributed by atoms with Crippen molar-refractivity contribution in [3.05, 3.63) is 0 Å². The van der Waals surface area contributed by atoms with Crippen molar-refractivity contribution in [2.45, 2.75) is 38.1 Å². The number of hydrogen-bond acceptors (Lipinski definition) is 4. The minimum absolute atomic E-state index is 0.0229. The van der Waals surface area contributed by atoms with Gasteiger partial charge in [0.05, 0.1) is 7.11 Å². The lowest BCUT2D eigenvalue weighted by atomic mass is 9.95. The van der Waals surface area contributed by atoms with E-state index in [4.69, 9.17) is 10.5 Å². The van der Waals surface area contributed by atoms with Gasteiger partial charge in [0, 0.05) is 5.92 Å². The van der Waals surface area contributed by atoms with Gasteiger partial charge in [-0.05, 0) is 44.1 Å². The first-order valence-corrected chi connectivity index (χ1v) is 6.75. The zero-order chi connectivity index (χ0) is 13.1. The lowest BCUT2D eigenvalue weighted by Crippen LogP contribution is -2.46. The van der Waals surface area contributed by atoms with Gasteiger partial charge in [-0.25, -0.2) is 4.79 Å². The average Bonchev–Trinajstić information content (AvgIpc) is 3.11. The second kappa shape index (κ2) is 5.69. The van der Waals surface area contributed by atoms with Crippen LogP contribution in [-0.2, 0) is 14.3 Å². The van der Waals surface area contributed by atoms with Gasteiger partial charge in [-0.2, -0.15) is 0 Å². The van der Waals surface area contributed by atoms with Crippen molar-refractivity contribution in [2.24, 2.45) is 23.5 Å². The molecule has 1 amide bonds. The smallest absolute Gasteiger partial charge is 0.328 e. The van der Waals surface area contributed by atoms with Crippen molar-refractivity contribution in [1.82, 2.24) is 5.32 Å². The number of rotatable bonds is 5. The molecule has 0 bridgehead atoms. The molecule has 2 saturated carbocycles. The van der Waals surface area contributed by atoms with Crippen LogP contribution in [0, 0.1) is 17.8 Å². The summed E-state index contributed by atoms with van der Waals surface area (Å²) >= 11 is 0. The second-order valence-electron chi connectivity index (χ2n) is 5.38. The molecule has 0 aromatic carbocycles. The molecule has 0 spiro atoms. The van der Waals surface area contributed by atoms with Crippen LogP contribution in [-0.4, -0.2) is 31.6 Å².